The van der Waals surface area contributed by atoms with Crippen molar-refractivity contribution in [3.63, 3.8) is 0 Å². The Morgan fingerprint density at radius 3 is 2.87 bits per heavy atom. The van der Waals surface area contributed by atoms with Crippen LogP contribution >= 0.6 is 0 Å². The van der Waals surface area contributed by atoms with Gasteiger partial charge in [0.25, 0.3) is 0 Å². The maximum Gasteiger partial charge on any atom is 0.0811 e. The van der Waals surface area contributed by atoms with E-state index >= 15 is 0 Å². The van der Waals surface area contributed by atoms with E-state index in [2.05, 4.69) is 12.1 Å². The zero-order chi connectivity index (χ0) is 11.1. The quantitative estimate of drug-likeness (QED) is 0.522. The van der Waals surface area contributed by atoms with Crippen molar-refractivity contribution in [2.45, 2.75) is 45.4 Å². The van der Waals surface area contributed by atoms with E-state index in [1.807, 2.05) is 0 Å². The second kappa shape index (κ2) is 6.94. The molecule has 0 aromatic rings. The molecule has 2 unspecified atom stereocenters. The van der Waals surface area contributed by atoms with Gasteiger partial charge >= 0.3 is 0 Å². The molecule has 0 spiro atoms. The van der Waals surface area contributed by atoms with Gasteiger partial charge in [-0.05, 0) is 37.0 Å². The lowest BCUT2D eigenvalue weighted by molar-refractivity contribution is 0.139. The predicted molar refractivity (Wildman–Crippen MR) is 61.6 cm³/mol. The molecule has 1 N–H and O–H groups in total. The molecule has 0 saturated heterocycles. The number of rotatable bonds is 7. The summed E-state index contributed by atoms with van der Waals surface area (Å²) in [4.78, 5) is 10.0. The van der Waals surface area contributed by atoms with Gasteiger partial charge in [-0.2, -0.15) is 4.91 Å². The van der Waals surface area contributed by atoms with Crippen LogP contribution < -0.4 is 0 Å². The smallest absolute Gasteiger partial charge is 0.0811 e. The van der Waals surface area contributed by atoms with E-state index in [0.717, 1.165) is 18.8 Å². The minimum Gasteiger partial charge on any atom is -0.396 e. The van der Waals surface area contributed by atoms with E-state index in [0.29, 0.717) is 18.4 Å². The Kier molecular flexibility index (Phi) is 5.84. The molecule has 0 bridgehead atoms. The Balaban J connectivity index is 2.38. The molecule has 1 saturated carbocycles. The van der Waals surface area contributed by atoms with E-state index < -0.39 is 0 Å². The van der Waals surface area contributed by atoms with E-state index in [9.17, 15) is 10.0 Å². The summed E-state index contributed by atoms with van der Waals surface area (Å²) in [7, 11) is 0. The van der Waals surface area contributed by atoms with Crippen LogP contribution in [0.15, 0.2) is 5.18 Å². The van der Waals surface area contributed by atoms with Crippen LogP contribution in [0.4, 0.5) is 0 Å². The van der Waals surface area contributed by atoms with E-state index in [1.54, 1.807) is 0 Å². The van der Waals surface area contributed by atoms with Gasteiger partial charge in [-0.25, -0.2) is 0 Å². The Morgan fingerprint density at radius 2 is 2.27 bits per heavy atom. The molecule has 0 heterocycles. The molecule has 3 nitrogen and oxygen atoms in total. The fourth-order valence-electron chi connectivity index (χ4n) is 3.05. The van der Waals surface area contributed by atoms with Gasteiger partial charge < -0.3 is 5.11 Å². The van der Waals surface area contributed by atoms with Gasteiger partial charge in [0.2, 0.25) is 0 Å². The summed E-state index contributed by atoms with van der Waals surface area (Å²) in [6.07, 6.45) is 6.92. The SMILES string of the molecule is CCC1CCC[C@@H]1C(CO)CCCN=O. The number of nitrogens with zero attached hydrogens (tertiary/aromatic N) is 1. The van der Waals surface area contributed by atoms with Crippen molar-refractivity contribution in [3.8, 4) is 0 Å². The third-order valence-electron chi connectivity index (χ3n) is 3.91. The highest BCUT2D eigenvalue weighted by molar-refractivity contribution is 4.82. The first-order chi connectivity index (χ1) is 7.33. The van der Waals surface area contributed by atoms with Gasteiger partial charge in [0.15, 0.2) is 0 Å². The van der Waals surface area contributed by atoms with E-state index in [-0.39, 0.29) is 6.61 Å². The molecular formula is C12H23NO2. The molecule has 1 aliphatic carbocycles. The van der Waals surface area contributed by atoms with Gasteiger partial charge in [0.05, 0.1) is 6.54 Å². The van der Waals surface area contributed by atoms with Crippen molar-refractivity contribution < 1.29 is 5.11 Å². The van der Waals surface area contributed by atoms with Crippen molar-refractivity contribution in [1.82, 2.24) is 0 Å². The van der Waals surface area contributed by atoms with Crippen LogP contribution in [0, 0.1) is 22.7 Å². The molecule has 0 aromatic carbocycles. The van der Waals surface area contributed by atoms with Crippen LogP contribution in [0.5, 0.6) is 0 Å². The normalized spacial score (nSPS) is 27.9. The molecule has 88 valence electrons. The highest BCUT2D eigenvalue weighted by atomic mass is 16.3. The van der Waals surface area contributed by atoms with Crippen molar-refractivity contribution in [3.05, 3.63) is 4.91 Å². The predicted octanol–water partition coefficient (Wildman–Crippen LogP) is 2.97. The lowest BCUT2D eigenvalue weighted by atomic mass is 9.80. The number of aliphatic hydroxyl groups is 1. The maximum atomic E-state index is 10.0. The summed E-state index contributed by atoms with van der Waals surface area (Å²) in [5, 5.41) is 12.3. The van der Waals surface area contributed by atoms with Crippen LogP contribution in [0.2, 0.25) is 0 Å². The summed E-state index contributed by atoms with van der Waals surface area (Å²) in [6.45, 7) is 2.92. The largest absolute Gasteiger partial charge is 0.396 e. The Labute approximate surface area is 92.2 Å². The topological polar surface area (TPSA) is 49.7 Å². The molecule has 0 aliphatic heterocycles. The molecule has 1 fully saturated rings. The van der Waals surface area contributed by atoms with Crippen LogP contribution in [0.1, 0.15) is 45.4 Å². The second-order valence-electron chi connectivity index (χ2n) is 4.70. The molecule has 3 heteroatoms. The third kappa shape index (κ3) is 3.56. The fourth-order valence-corrected chi connectivity index (χ4v) is 3.05. The number of hydrogen-bond acceptors (Lipinski definition) is 3. The number of aliphatic hydroxyl groups excluding tert-OH is 1. The summed E-state index contributed by atoms with van der Waals surface area (Å²) in [5.41, 5.74) is 0. The maximum absolute atomic E-state index is 10.0. The number of hydrogen-bond donors (Lipinski definition) is 1. The van der Waals surface area contributed by atoms with Crippen molar-refractivity contribution >= 4 is 0 Å². The molecule has 0 radical (unpaired) electrons. The first kappa shape index (κ1) is 12.6. The average Bonchev–Trinajstić information content (AvgIpc) is 2.72. The zero-order valence-corrected chi connectivity index (χ0v) is 9.69. The van der Waals surface area contributed by atoms with Crippen molar-refractivity contribution in [1.29, 1.82) is 0 Å². The monoisotopic (exact) mass is 213 g/mol. The zero-order valence-electron chi connectivity index (χ0n) is 9.69. The van der Waals surface area contributed by atoms with Crippen molar-refractivity contribution in [2.24, 2.45) is 22.9 Å². The lowest BCUT2D eigenvalue weighted by Crippen LogP contribution is -2.22. The Hall–Kier alpha value is -0.440. The highest BCUT2D eigenvalue weighted by Crippen LogP contribution is 2.40. The second-order valence-corrected chi connectivity index (χ2v) is 4.70. The van der Waals surface area contributed by atoms with Crippen molar-refractivity contribution in [2.75, 3.05) is 13.2 Å². The molecule has 15 heavy (non-hydrogen) atoms. The Bertz CT molecular complexity index is 184. The molecular weight excluding hydrogens is 190 g/mol. The van der Waals surface area contributed by atoms with Crippen LogP contribution in [-0.2, 0) is 0 Å². The third-order valence-corrected chi connectivity index (χ3v) is 3.91. The van der Waals surface area contributed by atoms with Gasteiger partial charge in [0.1, 0.15) is 0 Å². The fraction of sp³-hybridized carbons (Fsp3) is 1.00. The molecule has 0 aromatic heterocycles. The first-order valence-electron chi connectivity index (χ1n) is 6.23. The Morgan fingerprint density at radius 1 is 1.47 bits per heavy atom. The standard InChI is InChI=1S/C12H23NO2/c1-2-10-5-3-7-12(10)11(9-14)6-4-8-13-15/h10-12,14H,2-9H2,1H3/t10?,11?,12-/m0/s1. The van der Waals surface area contributed by atoms with Crippen LogP contribution in [-0.4, -0.2) is 18.3 Å². The van der Waals surface area contributed by atoms with Gasteiger partial charge in [-0.3, -0.25) is 0 Å². The summed E-state index contributed by atoms with van der Waals surface area (Å²) < 4.78 is 0. The molecule has 1 aliphatic rings. The first-order valence-corrected chi connectivity index (χ1v) is 6.23. The lowest BCUT2D eigenvalue weighted by Gasteiger charge is -2.26. The summed E-state index contributed by atoms with van der Waals surface area (Å²) in [5.74, 6) is 1.89. The molecule has 3 atom stereocenters. The average molecular weight is 213 g/mol. The molecule has 1 rings (SSSR count). The van der Waals surface area contributed by atoms with E-state index in [4.69, 9.17) is 0 Å². The summed E-state index contributed by atoms with van der Waals surface area (Å²) >= 11 is 0. The minimum atomic E-state index is 0.278. The number of nitroso groups, excluding NO2 is 1. The van der Waals surface area contributed by atoms with Gasteiger partial charge in [-0.15, -0.1) is 0 Å². The van der Waals surface area contributed by atoms with E-state index in [1.165, 1.54) is 25.7 Å². The summed E-state index contributed by atoms with van der Waals surface area (Å²) in [6, 6.07) is 0. The minimum absolute atomic E-state index is 0.278. The highest BCUT2D eigenvalue weighted by Gasteiger charge is 2.31. The molecule has 0 amide bonds. The van der Waals surface area contributed by atoms with Gasteiger partial charge in [-0.1, -0.05) is 31.4 Å². The van der Waals surface area contributed by atoms with Crippen LogP contribution in [0.3, 0.4) is 0 Å². The van der Waals surface area contributed by atoms with Crippen LogP contribution in [0.25, 0.3) is 0 Å². The van der Waals surface area contributed by atoms with Gasteiger partial charge in [0, 0.05) is 6.61 Å².